The van der Waals surface area contributed by atoms with E-state index in [1.165, 1.54) is 6.42 Å². The molecule has 0 saturated heterocycles. The highest BCUT2D eigenvalue weighted by Crippen LogP contribution is 2.35. The van der Waals surface area contributed by atoms with Crippen LogP contribution >= 0.6 is 0 Å². The topological polar surface area (TPSA) is 64.2 Å². The van der Waals surface area contributed by atoms with Gasteiger partial charge in [-0.2, -0.15) is 4.98 Å². The molecule has 1 fully saturated rings. The second kappa shape index (κ2) is 6.04. The number of Topliss-reactive ketones (excluding diaryl/α,β-unsaturated/α-hetero) is 1. The monoisotopic (exact) mass is 302 g/mol. The first kappa shape index (κ1) is 15.0. The minimum Gasteiger partial charge on any atom is -0.353 e. The van der Waals surface area contributed by atoms with Crippen LogP contribution in [0.2, 0.25) is 0 Å². The van der Waals surface area contributed by atoms with Gasteiger partial charge in [-0.15, -0.1) is 0 Å². The first-order chi connectivity index (χ1) is 10.5. The van der Waals surface area contributed by atoms with Crippen molar-refractivity contribution in [1.29, 1.82) is 0 Å². The summed E-state index contributed by atoms with van der Waals surface area (Å²) >= 11 is 0. The van der Waals surface area contributed by atoms with E-state index in [-0.39, 0.29) is 5.78 Å². The largest absolute Gasteiger partial charge is 0.353 e. The number of rotatable bonds is 6. The Kier molecular flexibility index (Phi) is 4.11. The molecule has 3 rings (SSSR count). The maximum Gasteiger partial charge on any atom is 0.229 e. The van der Waals surface area contributed by atoms with Crippen molar-refractivity contribution in [2.24, 2.45) is 7.05 Å². The molecule has 0 amide bonds. The predicted molar refractivity (Wildman–Crippen MR) is 81.5 cm³/mol. The highest BCUT2D eigenvalue weighted by Gasteiger charge is 2.25. The van der Waals surface area contributed by atoms with Crippen LogP contribution in [-0.2, 0) is 20.1 Å². The van der Waals surface area contributed by atoms with E-state index in [0.717, 1.165) is 42.4 Å². The molecule has 6 heteroatoms. The number of aromatic nitrogens is 3. The van der Waals surface area contributed by atoms with Crippen LogP contribution in [-0.4, -0.2) is 32.4 Å². The van der Waals surface area contributed by atoms with Gasteiger partial charge in [0, 0.05) is 37.0 Å². The summed E-state index contributed by atoms with van der Waals surface area (Å²) in [5.41, 5.74) is 1.84. The van der Waals surface area contributed by atoms with Gasteiger partial charge in [0.25, 0.3) is 0 Å². The number of hydrogen-bond donors (Lipinski definition) is 0. The molecule has 2 heterocycles. The lowest BCUT2D eigenvalue weighted by molar-refractivity contribution is 0.101. The van der Waals surface area contributed by atoms with Gasteiger partial charge in [0.15, 0.2) is 11.6 Å². The Hall–Kier alpha value is -1.95. The summed E-state index contributed by atoms with van der Waals surface area (Å²) in [5, 5.41) is 4.07. The quantitative estimate of drug-likeness (QED) is 0.767. The number of nitrogens with zero attached hydrogens (tertiary/aromatic N) is 4. The fourth-order valence-electron chi connectivity index (χ4n) is 2.69. The molecule has 2 aromatic rings. The Morgan fingerprint density at radius 1 is 1.45 bits per heavy atom. The Labute approximate surface area is 130 Å². The summed E-state index contributed by atoms with van der Waals surface area (Å²) in [4.78, 5) is 18.0. The van der Waals surface area contributed by atoms with Gasteiger partial charge >= 0.3 is 0 Å². The van der Waals surface area contributed by atoms with Gasteiger partial charge in [0.1, 0.15) is 0 Å². The average Bonchev–Trinajstić information content (AvgIpc) is 2.96. The molecule has 22 heavy (non-hydrogen) atoms. The molecule has 0 aromatic carbocycles. The number of hydrogen-bond acceptors (Lipinski definition) is 5. The summed E-state index contributed by atoms with van der Waals surface area (Å²) in [6.45, 7) is 2.96. The van der Waals surface area contributed by atoms with E-state index in [0.29, 0.717) is 12.5 Å². The van der Waals surface area contributed by atoms with E-state index in [9.17, 15) is 4.79 Å². The van der Waals surface area contributed by atoms with Crippen LogP contribution in [0.4, 0.5) is 0 Å². The van der Waals surface area contributed by atoms with Crippen molar-refractivity contribution < 1.29 is 9.32 Å². The van der Waals surface area contributed by atoms with Crippen molar-refractivity contribution in [3.63, 3.8) is 0 Å². The second-order valence-corrected chi connectivity index (χ2v) is 6.24. The van der Waals surface area contributed by atoms with E-state index in [1.807, 2.05) is 30.9 Å². The molecule has 0 bridgehead atoms. The lowest BCUT2D eigenvalue weighted by Crippen LogP contribution is -2.19. The third-order valence-electron chi connectivity index (χ3n) is 4.30. The van der Waals surface area contributed by atoms with Crippen molar-refractivity contribution in [2.75, 3.05) is 7.05 Å². The molecule has 6 nitrogen and oxygen atoms in total. The zero-order valence-electron chi connectivity index (χ0n) is 13.4. The highest BCUT2D eigenvalue weighted by atomic mass is 16.5. The van der Waals surface area contributed by atoms with Crippen LogP contribution in [0.5, 0.6) is 0 Å². The zero-order valence-corrected chi connectivity index (χ0v) is 13.4. The summed E-state index contributed by atoms with van der Waals surface area (Å²) in [5.74, 6) is 2.07. The molecule has 0 spiro atoms. The summed E-state index contributed by atoms with van der Waals surface area (Å²) in [6.07, 6.45) is 5.45. The average molecular weight is 302 g/mol. The van der Waals surface area contributed by atoms with Crippen molar-refractivity contribution in [3.05, 3.63) is 35.2 Å². The third kappa shape index (κ3) is 3.11. The Bertz CT molecular complexity index is 669. The van der Waals surface area contributed by atoms with Crippen molar-refractivity contribution in [2.45, 2.75) is 45.2 Å². The van der Waals surface area contributed by atoms with Crippen LogP contribution in [0.15, 0.2) is 16.8 Å². The molecule has 1 aliphatic rings. The van der Waals surface area contributed by atoms with Gasteiger partial charge in [0.2, 0.25) is 5.89 Å². The lowest BCUT2D eigenvalue weighted by atomic mass is 9.85. The van der Waals surface area contributed by atoms with Crippen molar-refractivity contribution in [1.82, 2.24) is 19.6 Å². The van der Waals surface area contributed by atoms with Gasteiger partial charge in [0.05, 0.1) is 6.54 Å². The first-order valence-electron chi connectivity index (χ1n) is 7.70. The van der Waals surface area contributed by atoms with E-state index in [1.54, 1.807) is 6.92 Å². The molecule has 0 unspecified atom stereocenters. The maximum atomic E-state index is 11.4. The van der Waals surface area contributed by atoms with Crippen LogP contribution < -0.4 is 0 Å². The van der Waals surface area contributed by atoms with Gasteiger partial charge in [-0.1, -0.05) is 11.6 Å². The molecule has 1 aliphatic carbocycles. The third-order valence-corrected chi connectivity index (χ3v) is 4.30. The maximum absolute atomic E-state index is 11.4. The van der Waals surface area contributed by atoms with Crippen LogP contribution in [0.25, 0.3) is 0 Å². The molecular weight excluding hydrogens is 280 g/mol. The smallest absolute Gasteiger partial charge is 0.229 e. The Morgan fingerprint density at radius 3 is 2.82 bits per heavy atom. The number of ketones is 1. The Balaban J connectivity index is 1.61. The van der Waals surface area contributed by atoms with Crippen LogP contribution in [0.3, 0.4) is 0 Å². The number of carbonyl (C=O) groups excluding carboxylic acids is 1. The predicted octanol–water partition coefficient (Wildman–Crippen LogP) is 2.51. The highest BCUT2D eigenvalue weighted by molar-refractivity contribution is 5.94. The molecule has 118 valence electrons. The standard InChI is InChI=1S/C16H22N4O2/c1-11(21)13-7-14(20(3)8-13)9-19(2)10-15-17-16(22-18-15)12-5-4-6-12/h7-8,12H,4-6,9-10H2,1-3H3. The van der Waals surface area contributed by atoms with Gasteiger partial charge in [-0.25, -0.2) is 0 Å². The minimum absolute atomic E-state index is 0.0906. The number of aryl methyl sites for hydroxylation is 1. The molecular formula is C16H22N4O2. The van der Waals surface area contributed by atoms with Crippen molar-refractivity contribution in [3.8, 4) is 0 Å². The van der Waals surface area contributed by atoms with E-state index in [2.05, 4.69) is 15.0 Å². The summed E-state index contributed by atoms with van der Waals surface area (Å²) in [7, 11) is 3.97. The molecule has 0 radical (unpaired) electrons. The zero-order chi connectivity index (χ0) is 15.7. The minimum atomic E-state index is 0.0906. The summed E-state index contributed by atoms with van der Waals surface area (Å²) in [6, 6.07) is 1.94. The van der Waals surface area contributed by atoms with E-state index < -0.39 is 0 Å². The van der Waals surface area contributed by atoms with Crippen LogP contribution in [0, 0.1) is 0 Å². The molecule has 0 aliphatic heterocycles. The van der Waals surface area contributed by atoms with E-state index in [4.69, 9.17) is 4.52 Å². The van der Waals surface area contributed by atoms with Gasteiger partial charge < -0.3 is 9.09 Å². The molecule has 0 atom stereocenters. The molecule has 0 N–H and O–H groups in total. The Morgan fingerprint density at radius 2 is 2.23 bits per heavy atom. The number of carbonyl (C=O) groups is 1. The van der Waals surface area contributed by atoms with Gasteiger partial charge in [-0.05, 0) is 32.9 Å². The fraction of sp³-hybridized carbons (Fsp3) is 0.562. The van der Waals surface area contributed by atoms with Gasteiger partial charge in [-0.3, -0.25) is 9.69 Å². The molecule has 2 aromatic heterocycles. The van der Waals surface area contributed by atoms with Crippen molar-refractivity contribution >= 4 is 5.78 Å². The SMILES string of the molecule is CC(=O)c1cc(CN(C)Cc2noc(C3CCC3)n2)n(C)c1. The molecule has 1 saturated carbocycles. The fourth-order valence-corrected chi connectivity index (χ4v) is 2.69. The summed E-state index contributed by atoms with van der Waals surface area (Å²) < 4.78 is 7.33. The lowest BCUT2D eigenvalue weighted by Gasteiger charge is -2.20. The van der Waals surface area contributed by atoms with E-state index >= 15 is 0 Å². The van der Waals surface area contributed by atoms with Crippen LogP contribution in [0.1, 0.15) is 59.9 Å². The first-order valence-corrected chi connectivity index (χ1v) is 7.70. The normalized spacial score (nSPS) is 15.3. The second-order valence-electron chi connectivity index (χ2n) is 6.24.